The normalized spacial score (nSPS) is 10.6. The number of methoxy groups -OCH3 is 2. The Kier molecular flexibility index (Phi) is 4.89. The highest BCUT2D eigenvalue weighted by Crippen LogP contribution is 2.23. The first kappa shape index (κ1) is 15.0. The van der Waals surface area contributed by atoms with Crippen molar-refractivity contribution in [1.82, 2.24) is 4.98 Å². The second-order valence-corrected chi connectivity index (χ2v) is 5.07. The average molecular weight is 305 g/mol. The molecule has 1 aromatic heterocycles. The number of aromatic nitrogens is 1. The summed E-state index contributed by atoms with van der Waals surface area (Å²) in [7, 11) is 2.96. The van der Waals surface area contributed by atoms with Crippen LogP contribution in [0.4, 0.5) is 5.13 Å². The lowest BCUT2D eigenvalue weighted by Gasteiger charge is -1.99. The minimum Gasteiger partial charge on any atom is -0.497 e. The number of thiazole rings is 1. The molecule has 21 heavy (non-hydrogen) atoms. The number of hydrazone groups is 1. The van der Waals surface area contributed by atoms with E-state index in [1.807, 2.05) is 24.3 Å². The van der Waals surface area contributed by atoms with Crippen molar-refractivity contribution < 1.29 is 14.3 Å². The molecule has 6 nitrogen and oxygen atoms in total. The Hall–Kier alpha value is -2.41. The Balaban J connectivity index is 2.05. The highest BCUT2D eigenvalue weighted by molar-refractivity contribution is 7.17. The van der Waals surface area contributed by atoms with E-state index in [1.54, 1.807) is 20.2 Å². The van der Waals surface area contributed by atoms with Crippen LogP contribution in [0.1, 0.15) is 20.9 Å². The van der Waals surface area contributed by atoms with Gasteiger partial charge in [-0.05, 0) is 24.6 Å². The number of carbonyl (C=O) groups is 1. The Labute approximate surface area is 126 Å². The summed E-state index contributed by atoms with van der Waals surface area (Å²) in [4.78, 5) is 16.2. The molecule has 1 heterocycles. The lowest BCUT2D eigenvalue weighted by Crippen LogP contribution is -1.99. The molecule has 0 amide bonds. The Morgan fingerprint density at radius 3 is 2.95 bits per heavy atom. The maximum atomic E-state index is 11.5. The number of anilines is 1. The van der Waals surface area contributed by atoms with Crippen LogP contribution in [-0.4, -0.2) is 31.4 Å². The number of carbonyl (C=O) groups excluding carboxylic acids is 1. The van der Waals surface area contributed by atoms with Gasteiger partial charge >= 0.3 is 5.97 Å². The predicted octanol–water partition coefficient (Wildman–Crippen LogP) is 2.69. The topological polar surface area (TPSA) is 72.8 Å². The van der Waals surface area contributed by atoms with Crippen LogP contribution < -0.4 is 10.2 Å². The average Bonchev–Trinajstić information content (AvgIpc) is 2.87. The molecule has 0 fully saturated rings. The van der Waals surface area contributed by atoms with E-state index in [0.29, 0.717) is 15.7 Å². The number of rotatable bonds is 5. The van der Waals surface area contributed by atoms with Gasteiger partial charge in [-0.3, -0.25) is 5.43 Å². The number of hydrogen-bond acceptors (Lipinski definition) is 7. The maximum absolute atomic E-state index is 11.5. The second-order valence-electron chi connectivity index (χ2n) is 4.07. The molecule has 0 atom stereocenters. The van der Waals surface area contributed by atoms with Crippen LogP contribution in [0.3, 0.4) is 0 Å². The van der Waals surface area contributed by atoms with Gasteiger partial charge in [0.1, 0.15) is 10.6 Å². The molecule has 0 aliphatic heterocycles. The molecule has 2 rings (SSSR count). The van der Waals surface area contributed by atoms with E-state index in [2.05, 4.69) is 20.2 Å². The van der Waals surface area contributed by atoms with Gasteiger partial charge in [0, 0.05) is 0 Å². The van der Waals surface area contributed by atoms with Gasteiger partial charge in [-0.1, -0.05) is 23.5 Å². The van der Waals surface area contributed by atoms with Crippen LogP contribution in [0.2, 0.25) is 0 Å². The molecule has 0 radical (unpaired) electrons. The number of nitrogens with zero attached hydrogens (tertiary/aromatic N) is 2. The van der Waals surface area contributed by atoms with E-state index in [0.717, 1.165) is 11.3 Å². The summed E-state index contributed by atoms with van der Waals surface area (Å²) in [5.74, 6) is 0.367. The number of benzene rings is 1. The van der Waals surface area contributed by atoms with Gasteiger partial charge in [0.25, 0.3) is 0 Å². The van der Waals surface area contributed by atoms with E-state index in [1.165, 1.54) is 18.4 Å². The summed E-state index contributed by atoms with van der Waals surface area (Å²) < 4.78 is 9.81. The number of hydrogen-bond donors (Lipinski definition) is 1. The third kappa shape index (κ3) is 3.79. The molecule has 0 saturated heterocycles. The van der Waals surface area contributed by atoms with Crippen molar-refractivity contribution in [2.45, 2.75) is 6.92 Å². The number of esters is 1. The number of aryl methyl sites for hydroxylation is 1. The summed E-state index contributed by atoms with van der Waals surface area (Å²) in [5, 5.41) is 4.63. The smallest absolute Gasteiger partial charge is 0.350 e. The van der Waals surface area contributed by atoms with Crippen molar-refractivity contribution in [2.75, 3.05) is 19.6 Å². The largest absolute Gasteiger partial charge is 0.497 e. The van der Waals surface area contributed by atoms with E-state index >= 15 is 0 Å². The predicted molar refractivity (Wildman–Crippen MR) is 82.4 cm³/mol. The maximum Gasteiger partial charge on any atom is 0.350 e. The Bertz CT molecular complexity index is 667. The highest BCUT2D eigenvalue weighted by atomic mass is 32.1. The van der Waals surface area contributed by atoms with Crippen molar-refractivity contribution in [3.05, 3.63) is 40.4 Å². The number of ether oxygens (including phenoxy) is 2. The van der Waals surface area contributed by atoms with Gasteiger partial charge < -0.3 is 9.47 Å². The van der Waals surface area contributed by atoms with E-state index < -0.39 is 5.97 Å². The van der Waals surface area contributed by atoms with Crippen molar-refractivity contribution in [2.24, 2.45) is 5.10 Å². The van der Waals surface area contributed by atoms with Crippen molar-refractivity contribution in [3.8, 4) is 5.75 Å². The van der Waals surface area contributed by atoms with Crippen LogP contribution in [0.15, 0.2) is 29.4 Å². The molecule has 1 aromatic carbocycles. The summed E-state index contributed by atoms with van der Waals surface area (Å²) in [6.07, 6.45) is 1.65. The zero-order valence-corrected chi connectivity index (χ0v) is 12.7. The van der Waals surface area contributed by atoms with Gasteiger partial charge in [-0.2, -0.15) is 5.10 Å². The molecule has 110 valence electrons. The molecule has 0 aliphatic carbocycles. The van der Waals surface area contributed by atoms with Gasteiger partial charge in [0.15, 0.2) is 0 Å². The van der Waals surface area contributed by atoms with Gasteiger partial charge in [0.05, 0.1) is 26.1 Å². The van der Waals surface area contributed by atoms with Crippen molar-refractivity contribution in [1.29, 1.82) is 0 Å². The standard InChI is InChI=1S/C14H15N3O3S/c1-9-12(13(18)20-3)21-14(16-9)17-15-8-10-5-4-6-11(7-10)19-2/h4-8H,1-3H3,(H,16,17)/b15-8+. The van der Waals surface area contributed by atoms with E-state index in [9.17, 15) is 4.79 Å². The molecule has 1 N–H and O–H groups in total. The summed E-state index contributed by atoms with van der Waals surface area (Å²) in [6.45, 7) is 1.75. The fourth-order valence-electron chi connectivity index (χ4n) is 1.61. The summed E-state index contributed by atoms with van der Waals surface area (Å²) in [6, 6.07) is 7.50. The lowest BCUT2D eigenvalue weighted by molar-refractivity contribution is 0.0605. The monoisotopic (exact) mass is 305 g/mol. The first-order valence-corrected chi connectivity index (χ1v) is 6.94. The van der Waals surface area contributed by atoms with Crippen LogP contribution in [0.5, 0.6) is 5.75 Å². The second kappa shape index (κ2) is 6.85. The molecule has 0 aliphatic rings. The molecule has 0 spiro atoms. The SMILES string of the molecule is COC(=O)c1sc(N/N=C/c2cccc(OC)c2)nc1C. The zero-order valence-electron chi connectivity index (χ0n) is 11.9. The molecule has 7 heteroatoms. The van der Waals surface area contributed by atoms with Crippen molar-refractivity contribution in [3.63, 3.8) is 0 Å². The number of nitrogens with one attached hydrogen (secondary N) is 1. The van der Waals surface area contributed by atoms with Crippen LogP contribution >= 0.6 is 11.3 Å². The fourth-order valence-corrected chi connectivity index (χ4v) is 2.44. The molecule has 0 saturated carbocycles. The molecule has 0 unspecified atom stereocenters. The Morgan fingerprint density at radius 1 is 1.43 bits per heavy atom. The fraction of sp³-hybridized carbons (Fsp3) is 0.214. The third-order valence-electron chi connectivity index (χ3n) is 2.63. The van der Waals surface area contributed by atoms with Gasteiger partial charge in [-0.25, -0.2) is 9.78 Å². The zero-order chi connectivity index (χ0) is 15.2. The Morgan fingerprint density at radius 2 is 2.24 bits per heavy atom. The lowest BCUT2D eigenvalue weighted by atomic mass is 10.2. The van der Waals surface area contributed by atoms with E-state index in [4.69, 9.17) is 4.74 Å². The van der Waals surface area contributed by atoms with Crippen molar-refractivity contribution >= 4 is 28.7 Å². The van der Waals surface area contributed by atoms with Gasteiger partial charge in [0.2, 0.25) is 5.13 Å². The van der Waals surface area contributed by atoms with Crippen LogP contribution in [0, 0.1) is 6.92 Å². The van der Waals surface area contributed by atoms with Crippen LogP contribution in [0.25, 0.3) is 0 Å². The summed E-state index contributed by atoms with van der Waals surface area (Å²) in [5.41, 5.74) is 4.31. The minimum absolute atomic E-state index is 0.394. The molecular formula is C14H15N3O3S. The first-order chi connectivity index (χ1) is 10.1. The summed E-state index contributed by atoms with van der Waals surface area (Å²) >= 11 is 1.20. The first-order valence-electron chi connectivity index (χ1n) is 6.13. The molecule has 2 aromatic rings. The minimum atomic E-state index is -0.394. The molecular weight excluding hydrogens is 290 g/mol. The third-order valence-corrected chi connectivity index (χ3v) is 3.68. The molecule has 0 bridgehead atoms. The van der Waals surface area contributed by atoms with Crippen LogP contribution in [-0.2, 0) is 4.74 Å². The van der Waals surface area contributed by atoms with Gasteiger partial charge in [-0.15, -0.1) is 0 Å². The van der Waals surface area contributed by atoms with E-state index in [-0.39, 0.29) is 0 Å². The quantitative estimate of drug-likeness (QED) is 0.522. The highest BCUT2D eigenvalue weighted by Gasteiger charge is 2.15.